The summed E-state index contributed by atoms with van der Waals surface area (Å²) in [6, 6.07) is 3.64. The minimum Gasteiger partial charge on any atom is -0.507 e. The first-order valence-corrected chi connectivity index (χ1v) is 16.0. The van der Waals surface area contributed by atoms with Gasteiger partial charge in [0.25, 0.3) is 0 Å². The fraction of sp³-hybridized carbons (Fsp3) is 0.800. The van der Waals surface area contributed by atoms with Crippen molar-refractivity contribution in [2.24, 2.45) is 0 Å². The number of carbonyl (C=O) groups is 1. The topological polar surface area (TPSA) is 66.8 Å². The predicted octanol–water partition coefficient (Wildman–Crippen LogP) is 10.9. The molecule has 4 nitrogen and oxygen atoms in total. The third-order valence-corrected chi connectivity index (χ3v) is 8.00. The molecule has 0 radical (unpaired) electrons. The highest BCUT2D eigenvalue weighted by molar-refractivity contribution is 5.77. The molecule has 0 aliphatic rings. The molecule has 0 amide bonds. The zero-order valence-electron chi connectivity index (χ0n) is 26.9. The van der Waals surface area contributed by atoms with Gasteiger partial charge < -0.3 is 14.9 Å². The van der Waals surface area contributed by atoms with E-state index >= 15 is 0 Å². The number of unbranched alkanes of at least 4 members (excludes halogenated alkanes) is 15. The fourth-order valence-electron chi connectivity index (χ4n) is 5.28. The molecule has 2 N–H and O–H groups in total. The van der Waals surface area contributed by atoms with Crippen molar-refractivity contribution in [3.05, 3.63) is 23.3 Å². The number of aromatic hydroxyl groups is 1. The Hall–Kier alpha value is -1.71. The lowest BCUT2D eigenvalue weighted by Crippen LogP contribution is -2.41. The van der Waals surface area contributed by atoms with Crippen LogP contribution in [0.1, 0.15) is 176 Å². The van der Waals surface area contributed by atoms with Gasteiger partial charge in [-0.3, -0.25) is 0 Å². The van der Waals surface area contributed by atoms with Crippen LogP contribution in [0.15, 0.2) is 12.1 Å². The van der Waals surface area contributed by atoms with Crippen molar-refractivity contribution >= 4 is 5.97 Å². The first kappa shape index (κ1) is 35.3. The van der Waals surface area contributed by atoms with Crippen molar-refractivity contribution in [2.45, 2.75) is 181 Å². The van der Waals surface area contributed by atoms with Crippen LogP contribution in [-0.2, 0) is 15.6 Å². The Bertz CT molecular complexity index is 795. The molecule has 1 aromatic rings. The summed E-state index contributed by atoms with van der Waals surface area (Å²) in [5, 5.41) is 21.0. The Kier molecular flexibility index (Phi) is 15.6. The van der Waals surface area contributed by atoms with E-state index in [0.717, 1.165) is 30.4 Å². The van der Waals surface area contributed by atoms with Gasteiger partial charge >= 0.3 is 5.97 Å². The first-order chi connectivity index (χ1) is 18.2. The summed E-state index contributed by atoms with van der Waals surface area (Å²) in [5.41, 5.74) is -0.328. The molecule has 0 fully saturated rings. The molecule has 226 valence electrons. The smallest absolute Gasteiger partial charge is 0.347 e. The van der Waals surface area contributed by atoms with Gasteiger partial charge in [-0.05, 0) is 42.7 Å². The minimum absolute atomic E-state index is 0.275. The summed E-state index contributed by atoms with van der Waals surface area (Å²) in [4.78, 5) is 12.3. The van der Waals surface area contributed by atoms with Crippen molar-refractivity contribution < 1.29 is 19.7 Å². The summed E-state index contributed by atoms with van der Waals surface area (Å²) < 4.78 is 6.20. The number of hydrogen-bond acceptors (Lipinski definition) is 3. The van der Waals surface area contributed by atoms with Crippen molar-refractivity contribution in [1.29, 1.82) is 0 Å². The largest absolute Gasteiger partial charge is 0.507 e. The first-order valence-electron chi connectivity index (χ1n) is 16.0. The fourth-order valence-corrected chi connectivity index (χ4v) is 5.28. The van der Waals surface area contributed by atoms with Gasteiger partial charge in [0.15, 0.2) is 0 Å². The van der Waals surface area contributed by atoms with E-state index in [1.54, 1.807) is 6.92 Å². The van der Waals surface area contributed by atoms with Crippen LogP contribution >= 0.6 is 0 Å². The number of ether oxygens (including phenoxy) is 1. The molecule has 1 unspecified atom stereocenters. The number of aliphatic carboxylic acids is 1. The van der Waals surface area contributed by atoms with Gasteiger partial charge in [0.2, 0.25) is 5.60 Å². The lowest BCUT2D eigenvalue weighted by atomic mass is 9.79. The molecule has 0 aromatic heterocycles. The molecule has 0 spiro atoms. The van der Waals surface area contributed by atoms with Crippen LogP contribution in [0.3, 0.4) is 0 Å². The molecule has 0 saturated carbocycles. The number of hydrogen-bond donors (Lipinski definition) is 2. The quantitative estimate of drug-likeness (QED) is 0.160. The molecule has 4 heteroatoms. The molecular formula is C35H62O4. The van der Waals surface area contributed by atoms with Crippen LogP contribution < -0.4 is 4.74 Å². The second kappa shape index (κ2) is 17.2. The maximum atomic E-state index is 12.3. The summed E-state index contributed by atoms with van der Waals surface area (Å²) in [5.74, 6) is -0.146. The molecule has 0 saturated heterocycles. The summed E-state index contributed by atoms with van der Waals surface area (Å²) in [6.45, 7) is 16.2. The van der Waals surface area contributed by atoms with E-state index in [-0.39, 0.29) is 16.6 Å². The Morgan fingerprint density at radius 2 is 0.974 bits per heavy atom. The SMILES string of the molecule is CCCCCCCCCCCCCCCCCCC(C)(Oc1cc(C(C)(C)C)c(O)c(C(C)(C)C)c1)C(=O)O. The second-order valence-corrected chi connectivity index (χ2v) is 14.1. The van der Waals surface area contributed by atoms with E-state index in [4.69, 9.17) is 4.74 Å². The monoisotopic (exact) mass is 546 g/mol. The van der Waals surface area contributed by atoms with Gasteiger partial charge in [0, 0.05) is 11.1 Å². The van der Waals surface area contributed by atoms with Crippen molar-refractivity contribution in [3.63, 3.8) is 0 Å². The average molecular weight is 547 g/mol. The highest BCUT2D eigenvalue weighted by atomic mass is 16.5. The van der Waals surface area contributed by atoms with Crippen molar-refractivity contribution in [2.75, 3.05) is 0 Å². The maximum absolute atomic E-state index is 12.3. The third kappa shape index (κ3) is 13.5. The third-order valence-electron chi connectivity index (χ3n) is 8.00. The Balaban J connectivity index is 2.45. The van der Waals surface area contributed by atoms with Gasteiger partial charge in [0.1, 0.15) is 11.5 Å². The zero-order valence-corrected chi connectivity index (χ0v) is 26.9. The summed E-state index contributed by atoms with van der Waals surface area (Å²) in [6.07, 6.45) is 21.2. The predicted molar refractivity (Wildman–Crippen MR) is 166 cm³/mol. The van der Waals surface area contributed by atoms with Crippen molar-refractivity contribution in [1.82, 2.24) is 0 Å². The average Bonchev–Trinajstić information content (AvgIpc) is 2.83. The number of phenolic OH excluding ortho intramolecular Hbond substituents is 1. The number of carboxylic acid groups (broad SMARTS) is 1. The van der Waals surface area contributed by atoms with Crippen LogP contribution in [0, 0.1) is 0 Å². The molecular weight excluding hydrogens is 484 g/mol. The second-order valence-electron chi connectivity index (χ2n) is 14.1. The Labute approximate surface area is 241 Å². The lowest BCUT2D eigenvalue weighted by molar-refractivity contribution is -0.154. The molecule has 39 heavy (non-hydrogen) atoms. The molecule has 0 aliphatic heterocycles. The standard InChI is InChI=1S/C35H62O4/c1-9-10-11-12-13-14-15-16-17-18-19-20-21-22-23-24-25-35(8,32(37)38)39-28-26-29(33(2,3)4)31(36)30(27-28)34(5,6)7/h26-27,36H,9-25H2,1-8H3,(H,37,38). The molecule has 0 heterocycles. The van der Waals surface area contributed by atoms with E-state index in [0.29, 0.717) is 12.2 Å². The Morgan fingerprint density at radius 1 is 0.641 bits per heavy atom. The van der Waals surface area contributed by atoms with E-state index in [2.05, 4.69) is 6.92 Å². The maximum Gasteiger partial charge on any atom is 0.347 e. The minimum atomic E-state index is -1.29. The highest BCUT2D eigenvalue weighted by Crippen LogP contribution is 2.42. The number of benzene rings is 1. The van der Waals surface area contributed by atoms with Gasteiger partial charge in [-0.15, -0.1) is 0 Å². The Morgan fingerprint density at radius 3 is 1.28 bits per heavy atom. The molecule has 0 bridgehead atoms. The number of carboxylic acids is 1. The normalized spacial score (nSPS) is 13.8. The van der Waals surface area contributed by atoms with Crippen molar-refractivity contribution in [3.8, 4) is 11.5 Å². The number of phenols is 1. The summed E-state index contributed by atoms with van der Waals surface area (Å²) >= 11 is 0. The van der Waals surface area contributed by atoms with Crippen LogP contribution in [0.2, 0.25) is 0 Å². The molecule has 1 rings (SSSR count). The molecule has 0 aliphatic carbocycles. The van der Waals surface area contributed by atoms with Gasteiger partial charge in [-0.1, -0.05) is 145 Å². The van der Waals surface area contributed by atoms with E-state index in [1.807, 2.05) is 53.7 Å². The van der Waals surface area contributed by atoms with Gasteiger partial charge in [-0.25, -0.2) is 4.79 Å². The lowest BCUT2D eigenvalue weighted by Gasteiger charge is -2.31. The van der Waals surface area contributed by atoms with Gasteiger partial charge in [-0.2, -0.15) is 0 Å². The highest BCUT2D eigenvalue weighted by Gasteiger charge is 2.36. The van der Waals surface area contributed by atoms with Crippen LogP contribution in [0.4, 0.5) is 0 Å². The van der Waals surface area contributed by atoms with Crippen LogP contribution in [-0.4, -0.2) is 21.8 Å². The summed E-state index contributed by atoms with van der Waals surface area (Å²) in [7, 11) is 0. The van der Waals surface area contributed by atoms with Crippen LogP contribution in [0.5, 0.6) is 11.5 Å². The van der Waals surface area contributed by atoms with E-state index < -0.39 is 11.6 Å². The number of rotatable bonds is 20. The van der Waals surface area contributed by atoms with E-state index in [9.17, 15) is 15.0 Å². The molecule has 1 atom stereocenters. The van der Waals surface area contributed by atoms with E-state index in [1.165, 1.54) is 83.5 Å². The van der Waals surface area contributed by atoms with Crippen LogP contribution in [0.25, 0.3) is 0 Å². The molecule has 1 aromatic carbocycles. The zero-order chi connectivity index (χ0) is 29.5. The van der Waals surface area contributed by atoms with Gasteiger partial charge in [0.05, 0.1) is 0 Å².